The molecule has 0 radical (unpaired) electrons. The number of carbonyl (C=O) groups is 1. The van der Waals surface area contributed by atoms with E-state index in [0.717, 1.165) is 35.0 Å². The molecule has 2 N–H and O–H groups in total. The number of H-pyrrole nitrogens is 1. The number of aromatic amines is 1. The molecule has 2 aromatic carbocycles. The van der Waals surface area contributed by atoms with Crippen LogP contribution in [0.1, 0.15) is 43.7 Å². The van der Waals surface area contributed by atoms with Crippen molar-refractivity contribution < 1.29 is 9.18 Å². The molecule has 1 aliphatic rings. The van der Waals surface area contributed by atoms with E-state index in [0.29, 0.717) is 5.92 Å². The molecule has 1 heterocycles. The number of hydrogen-bond acceptors (Lipinski definition) is 1. The van der Waals surface area contributed by atoms with Crippen molar-refractivity contribution >= 4 is 22.5 Å². The van der Waals surface area contributed by atoms with E-state index in [1.807, 2.05) is 30.5 Å². The standard InChI is InChI=1S/C21H21FN2O/c1-13(2)14-3-6-16(7-4-14)24-20(25)21(9-10-21)18-12-23-19-8-5-15(22)11-17(18)19/h3-8,11-13,23H,9-10H2,1-2H3,(H,24,25). The van der Waals surface area contributed by atoms with Crippen molar-refractivity contribution in [1.29, 1.82) is 0 Å². The zero-order valence-electron chi connectivity index (χ0n) is 14.4. The van der Waals surface area contributed by atoms with Gasteiger partial charge in [0.25, 0.3) is 0 Å². The van der Waals surface area contributed by atoms with E-state index in [4.69, 9.17) is 0 Å². The van der Waals surface area contributed by atoms with Crippen LogP contribution in [0, 0.1) is 5.82 Å². The first kappa shape index (κ1) is 15.9. The van der Waals surface area contributed by atoms with E-state index in [-0.39, 0.29) is 11.7 Å². The highest BCUT2D eigenvalue weighted by atomic mass is 19.1. The Morgan fingerprint density at radius 2 is 1.88 bits per heavy atom. The molecular weight excluding hydrogens is 315 g/mol. The lowest BCUT2D eigenvalue weighted by atomic mass is 9.94. The normalized spacial score (nSPS) is 15.5. The van der Waals surface area contributed by atoms with Crippen LogP contribution in [0.2, 0.25) is 0 Å². The average molecular weight is 336 g/mol. The summed E-state index contributed by atoms with van der Waals surface area (Å²) in [6.07, 6.45) is 3.41. The number of hydrogen-bond donors (Lipinski definition) is 2. The van der Waals surface area contributed by atoms with Gasteiger partial charge in [-0.15, -0.1) is 0 Å². The van der Waals surface area contributed by atoms with Crippen LogP contribution in [0.5, 0.6) is 0 Å². The first-order chi connectivity index (χ1) is 12.0. The monoisotopic (exact) mass is 336 g/mol. The van der Waals surface area contributed by atoms with Crippen molar-refractivity contribution in [2.24, 2.45) is 0 Å². The van der Waals surface area contributed by atoms with Gasteiger partial charge in [-0.05, 0) is 60.2 Å². The van der Waals surface area contributed by atoms with Crippen molar-refractivity contribution in [3.05, 3.63) is 65.6 Å². The average Bonchev–Trinajstić information content (AvgIpc) is 3.30. The maximum atomic E-state index is 13.6. The molecule has 3 aromatic rings. The van der Waals surface area contributed by atoms with Crippen LogP contribution in [-0.2, 0) is 10.2 Å². The van der Waals surface area contributed by atoms with E-state index in [9.17, 15) is 9.18 Å². The predicted molar refractivity (Wildman–Crippen MR) is 98.3 cm³/mol. The number of fused-ring (bicyclic) bond motifs is 1. The molecule has 1 aromatic heterocycles. The SMILES string of the molecule is CC(C)c1ccc(NC(=O)C2(c3c[nH]c4ccc(F)cc34)CC2)cc1. The molecule has 0 bridgehead atoms. The molecule has 4 rings (SSSR count). The summed E-state index contributed by atoms with van der Waals surface area (Å²) in [7, 11) is 0. The van der Waals surface area contributed by atoms with Gasteiger partial charge in [-0.25, -0.2) is 4.39 Å². The Morgan fingerprint density at radius 3 is 2.52 bits per heavy atom. The fourth-order valence-corrected chi connectivity index (χ4v) is 3.43. The third-order valence-corrected chi connectivity index (χ3v) is 5.18. The summed E-state index contributed by atoms with van der Waals surface area (Å²) in [6.45, 7) is 4.28. The molecule has 1 aliphatic carbocycles. The Labute approximate surface area is 146 Å². The quantitative estimate of drug-likeness (QED) is 0.684. The third-order valence-electron chi connectivity index (χ3n) is 5.18. The summed E-state index contributed by atoms with van der Waals surface area (Å²) in [5.41, 5.74) is 3.23. The minimum absolute atomic E-state index is 0.0186. The zero-order valence-corrected chi connectivity index (χ0v) is 14.4. The van der Waals surface area contributed by atoms with Crippen LogP contribution in [0.25, 0.3) is 10.9 Å². The Balaban J connectivity index is 1.61. The van der Waals surface area contributed by atoms with Crippen LogP contribution < -0.4 is 5.32 Å². The Morgan fingerprint density at radius 1 is 1.16 bits per heavy atom. The topological polar surface area (TPSA) is 44.9 Å². The smallest absolute Gasteiger partial charge is 0.235 e. The van der Waals surface area contributed by atoms with E-state index < -0.39 is 5.41 Å². The summed E-state index contributed by atoms with van der Waals surface area (Å²) in [4.78, 5) is 16.1. The molecule has 4 heteroatoms. The number of benzene rings is 2. The fraction of sp³-hybridized carbons (Fsp3) is 0.286. The van der Waals surface area contributed by atoms with Gasteiger partial charge in [0.2, 0.25) is 5.91 Å². The molecule has 0 aliphatic heterocycles. The number of carbonyl (C=O) groups excluding carboxylic acids is 1. The Hall–Kier alpha value is -2.62. The van der Waals surface area contributed by atoms with Crippen molar-refractivity contribution in [2.75, 3.05) is 5.32 Å². The van der Waals surface area contributed by atoms with Gasteiger partial charge < -0.3 is 10.3 Å². The van der Waals surface area contributed by atoms with Gasteiger partial charge in [0.1, 0.15) is 5.82 Å². The molecule has 0 saturated heterocycles. The Kier molecular flexibility index (Phi) is 3.64. The first-order valence-corrected chi connectivity index (χ1v) is 8.68. The van der Waals surface area contributed by atoms with Crippen molar-refractivity contribution in [2.45, 2.75) is 38.0 Å². The third kappa shape index (κ3) is 2.72. The van der Waals surface area contributed by atoms with Crippen LogP contribution in [0.15, 0.2) is 48.7 Å². The van der Waals surface area contributed by atoms with Crippen LogP contribution >= 0.6 is 0 Å². The molecule has 1 fully saturated rings. The number of aromatic nitrogens is 1. The first-order valence-electron chi connectivity index (χ1n) is 8.68. The van der Waals surface area contributed by atoms with E-state index in [1.165, 1.54) is 17.7 Å². The fourth-order valence-electron chi connectivity index (χ4n) is 3.43. The van der Waals surface area contributed by atoms with E-state index in [1.54, 1.807) is 6.07 Å². The van der Waals surface area contributed by atoms with E-state index in [2.05, 4.69) is 24.1 Å². The summed E-state index contributed by atoms with van der Waals surface area (Å²) in [6, 6.07) is 12.6. The maximum Gasteiger partial charge on any atom is 0.235 e. The van der Waals surface area contributed by atoms with Gasteiger partial charge in [0.15, 0.2) is 0 Å². The van der Waals surface area contributed by atoms with Gasteiger partial charge >= 0.3 is 0 Å². The molecule has 0 unspecified atom stereocenters. The lowest BCUT2D eigenvalue weighted by Gasteiger charge is -2.15. The maximum absolute atomic E-state index is 13.6. The van der Waals surface area contributed by atoms with Gasteiger partial charge in [0.05, 0.1) is 5.41 Å². The summed E-state index contributed by atoms with van der Waals surface area (Å²) >= 11 is 0. The van der Waals surface area contributed by atoms with Crippen LogP contribution in [0.3, 0.4) is 0 Å². The molecule has 1 saturated carbocycles. The van der Waals surface area contributed by atoms with Gasteiger partial charge in [-0.2, -0.15) is 0 Å². The number of nitrogens with one attached hydrogen (secondary N) is 2. The second-order valence-corrected chi connectivity index (χ2v) is 7.21. The second kappa shape index (κ2) is 5.73. The molecule has 3 nitrogen and oxygen atoms in total. The predicted octanol–water partition coefficient (Wildman–Crippen LogP) is 5.10. The molecule has 0 atom stereocenters. The van der Waals surface area contributed by atoms with Crippen molar-refractivity contribution in [3.8, 4) is 0 Å². The minimum Gasteiger partial charge on any atom is -0.361 e. The summed E-state index contributed by atoms with van der Waals surface area (Å²) < 4.78 is 13.6. The molecule has 1 amide bonds. The molecule has 25 heavy (non-hydrogen) atoms. The lowest BCUT2D eigenvalue weighted by molar-refractivity contribution is -0.118. The Bertz CT molecular complexity index is 936. The largest absolute Gasteiger partial charge is 0.361 e. The minimum atomic E-state index is -0.553. The second-order valence-electron chi connectivity index (χ2n) is 7.21. The van der Waals surface area contributed by atoms with E-state index >= 15 is 0 Å². The van der Waals surface area contributed by atoms with Gasteiger partial charge in [0, 0.05) is 22.8 Å². The number of amides is 1. The molecular formula is C21H21FN2O. The van der Waals surface area contributed by atoms with Crippen LogP contribution in [0.4, 0.5) is 10.1 Å². The molecule has 128 valence electrons. The lowest BCUT2D eigenvalue weighted by Crippen LogP contribution is -2.27. The van der Waals surface area contributed by atoms with Crippen LogP contribution in [-0.4, -0.2) is 10.9 Å². The highest BCUT2D eigenvalue weighted by Crippen LogP contribution is 2.51. The number of anilines is 1. The van der Waals surface area contributed by atoms with Crippen molar-refractivity contribution in [1.82, 2.24) is 4.98 Å². The molecule has 0 spiro atoms. The van der Waals surface area contributed by atoms with Crippen molar-refractivity contribution in [3.63, 3.8) is 0 Å². The van der Waals surface area contributed by atoms with Gasteiger partial charge in [-0.1, -0.05) is 26.0 Å². The summed E-state index contributed by atoms with van der Waals surface area (Å²) in [5, 5.41) is 3.83. The number of halogens is 1. The highest BCUT2D eigenvalue weighted by Gasteiger charge is 2.52. The van der Waals surface area contributed by atoms with Gasteiger partial charge in [-0.3, -0.25) is 4.79 Å². The zero-order chi connectivity index (χ0) is 17.6. The highest BCUT2D eigenvalue weighted by molar-refractivity contribution is 6.04. The summed E-state index contributed by atoms with van der Waals surface area (Å²) in [5.74, 6) is 0.157. The number of rotatable bonds is 4.